The van der Waals surface area contributed by atoms with Gasteiger partial charge in [0.1, 0.15) is 12.4 Å². The van der Waals surface area contributed by atoms with Gasteiger partial charge in [-0.15, -0.1) is 11.3 Å². The van der Waals surface area contributed by atoms with Gasteiger partial charge in [-0.25, -0.2) is 0 Å². The first-order valence-corrected chi connectivity index (χ1v) is 7.06. The smallest absolute Gasteiger partial charge is 0.119 e. The molecule has 1 heterocycles. The predicted molar refractivity (Wildman–Crippen MR) is 79.4 cm³/mol. The molecule has 1 aromatic carbocycles. The predicted octanol–water partition coefficient (Wildman–Crippen LogP) is 5.07. The number of hydrogen-bond donors (Lipinski definition) is 0. The molecule has 0 N–H and O–H groups in total. The molecular formula is C16H18OS. The van der Waals surface area contributed by atoms with E-state index in [1.807, 2.05) is 23.5 Å². The second-order valence-electron chi connectivity index (χ2n) is 4.13. The van der Waals surface area contributed by atoms with E-state index >= 15 is 0 Å². The topological polar surface area (TPSA) is 9.23 Å². The Morgan fingerprint density at radius 3 is 2.44 bits per heavy atom. The van der Waals surface area contributed by atoms with E-state index in [4.69, 9.17) is 4.74 Å². The van der Waals surface area contributed by atoms with Crippen molar-refractivity contribution < 1.29 is 4.74 Å². The summed E-state index contributed by atoms with van der Waals surface area (Å²) in [5, 5.41) is 0. The highest BCUT2D eigenvalue weighted by Gasteiger charge is 2.00. The zero-order valence-electron chi connectivity index (χ0n) is 10.8. The zero-order chi connectivity index (χ0) is 12.8. The third kappa shape index (κ3) is 3.47. The lowest BCUT2D eigenvalue weighted by Crippen LogP contribution is -1.92. The molecule has 0 aliphatic carbocycles. The van der Waals surface area contributed by atoms with Gasteiger partial charge in [0.05, 0.1) is 0 Å². The molecular weight excluding hydrogens is 240 g/mol. The van der Waals surface area contributed by atoms with E-state index in [2.05, 4.69) is 50.3 Å². The Bertz CT molecular complexity index is 508. The third-order valence-corrected chi connectivity index (χ3v) is 3.68. The average molecular weight is 258 g/mol. The molecule has 0 unspecified atom stereocenters. The molecule has 18 heavy (non-hydrogen) atoms. The monoisotopic (exact) mass is 258 g/mol. The van der Waals surface area contributed by atoms with Crippen LogP contribution in [0.15, 0.2) is 48.6 Å². The summed E-state index contributed by atoms with van der Waals surface area (Å²) >= 11 is 1.82. The van der Waals surface area contributed by atoms with Crippen molar-refractivity contribution in [2.75, 3.05) is 6.61 Å². The molecule has 2 heteroatoms. The van der Waals surface area contributed by atoms with Gasteiger partial charge in [-0.3, -0.25) is 0 Å². The molecule has 0 spiro atoms. The molecule has 1 aromatic heterocycles. The van der Waals surface area contributed by atoms with Crippen LogP contribution in [-0.2, 0) is 0 Å². The number of hydrogen-bond acceptors (Lipinski definition) is 2. The van der Waals surface area contributed by atoms with Crippen molar-refractivity contribution in [2.45, 2.75) is 20.3 Å². The van der Waals surface area contributed by atoms with Crippen molar-refractivity contribution in [1.82, 2.24) is 0 Å². The number of aryl methyl sites for hydroxylation is 1. The van der Waals surface area contributed by atoms with Crippen molar-refractivity contribution in [1.29, 1.82) is 0 Å². The van der Waals surface area contributed by atoms with Crippen LogP contribution in [0.5, 0.6) is 5.75 Å². The number of thiophene rings is 1. The summed E-state index contributed by atoms with van der Waals surface area (Å²) in [6.45, 7) is 4.89. The maximum Gasteiger partial charge on any atom is 0.119 e. The minimum atomic E-state index is 0.644. The van der Waals surface area contributed by atoms with E-state index < -0.39 is 0 Å². The van der Waals surface area contributed by atoms with Gasteiger partial charge in [-0.2, -0.15) is 0 Å². The maximum absolute atomic E-state index is 5.62. The molecule has 2 rings (SSSR count). The van der Waals surface area contributed by atoms with Gasteiger partial charge in [-0.05, 0) is 55.3 Å². The lowest BCUT2D eigenvalue weighted by atomic mass is 10.2. The molecule has 0 saturated heterocycles. The minimum absolute atomic E-state index is 0.644. The van der Waals surface area contributed by atoms with Crippen molar-refractivity contribution in [3.8, 4) is 16.2 Å². The Hall–Kier alpha value is -1.54. The molecule has 0 atom stereocenters. The fourth-order valence-electron chi connectivity index (χ4n) is 1.68. The van der Waals surface area contributed by atoms with Crippen molar-refractivity contribution in [3.63, 3.8) is 0 Å². The minimum Gasteiger partial charge on any atom is -0.490 e. The fraction of sp³-hybridized carbons (Fsp3) is 0.250. The summed E-state index contributed by atoms with van der Waals surface area (Å²) in [4.78, 5) is 2.65. The standard InChI is InChI=1S/C16H18OS/c1-3-4-5-12-17-15-9-7-14(8-10-15)16-11-6-13(2)18-16/h4-11H,3,12H2,1-2H3. The van der Waals surface area contributed by atoms with Crippen LogP contribution in [0.2, 0.25) is 0 Å². The summed E-state index contributed by atoms with van der Waals surface area (Å²) < 4.78 is 5.62. The van der Waals surface area contributed by atoms with Crippen LogP contribution < -0.4 is 4.74 Å². The van der Waals surface area contributed by atoms with Gasteiger partial charge in [0, 0.05) is 9.75 Å². The zero-order valence-corrected chi connectivity index (χ0v) is 11.7. The summed E-state index contributed by atoms with van der Waals surface area (Å²) in [7, 11) is 0. The van der Waals surface area contributed by atoms with Crippen LogP contribution in [0, 0.1) is 6.92 Å². The molecule has 0 bridgehead atoms. The number of benzene rings is 1. The molecule has 0 amide bonds. The Balaban J connectivity index is 1.99. The molecule has 0 aliphatic rings. The Kier molecular flexibility index (Phi) is 4.59. The van der Waals surface area contributed by atoms with Crippen LogP contribution in [0.3, 0.4) is 0 Å². The van der Waals surface area contributed by atoms with Gasteiger partial charge < -0.3 is 4.74 Å². The number of ether oxygens (including phenoxy) is 1. The number of allylic oxidation sites excluding steroid dienone is 1. The largest absolute Gasteiger partial charge is 0.490 e. The van der Waals surface area contributed by atoms with Crippen LogP contribution in [0.4, 0.5) is 0 Å². The fourth-order valence-corrected chi connectivity index (χ4v) is 2.56. The second kappa shape index (κ2) is 6.41. The summed E-state index contributed by atoms with van der Waals surface area (Å²) in [5.41, 5.74) is 1.25. The maximum atomic E-state index is 5.62. The van der Waals surface area contributed by atoms with Crippen molar-refractivity contribution >= 4 is 11.3 Å². The molecule has 0 radical (unpaired) electrons. The van der Waals surface area contributed by atoms with E-state index in [9.17, 15) is 0 Å². The first kappa shape index (κ1) is 12.9. The van der Waals surface area contributed by atoms with Crippen molar-refractivity contribution in [3.05, 3.63) is 53.4 Å². The highest BCUT2D eigenvalue weighted by atomic mass is 32.1. The van der Waals surface area contributed by atoms with E-state index in [0.29, 0.717) is 6.61 Å². The van der Waals surface area contributed by atoms with Gasteiger partial charge in [0.25, 0.3) is 0 Å². The quantitative estimate of drug-likeness (QED) is 0.680. The summed E-state index contributed by atoms with van der Waals surface area (Å²) in [5.74, 6) is 0.924. The second-order valence-corrected chi connectivity index (χ2v) is 5.41. The molecule has 2 aromatic rings. The Morgan fingerprint density at radius 1 is 1.06 bits per heavy atom. The lowest BCUT2D eigenvalue weighted by Gasteiger charge is -2.04. The molecule has 1 nitrogen and oxygen atoms in total. The average Bonchev–Trinajstić information content (AvgIpc) is 2.82. The van der Waals surface area contributed by atoms with Crippen LogP contribution in [0.1, 0.15) is 18.2 Å². The van der Waals surface area contributed by atoms with Gasteiger partial charge >= 0.3 is 0 Å². The molecule has 0 fully saturated rings. The first-order chi connectivity index (χ1) is 8.79. The SMILES string of the molecule is CCC=CCOc1ccc(-c2ccc(C)s2)cc1. The van der Waals surface area contributed by atoms with Gasteiger partial charge in [0.2, 0.25) is 0 Å². The van der Waals surface area contributed by atoms with E-state index in [-0.39, 0.29) is 0 Å². The highest BCUT2D eigenvalue weighted by Crippen LogP contribution is 2.28. The van der Waals surface area contributed by atoms with E-state index in [1.165, 1.54) is 15.3 Å². The Labute approximate surface area is 113 Å². The van der Waals surface area contributed by atoms with E-state index in [1.54, 1.807) is 0 Å². The van der Waals surface area contributed by atoms with Crippen LogP contribution in [-0.4, -0.2) is 6.61 Å². The van der Waals surface area contributed by atoms with E-state index in [0.717, 1.165) is 12.2 Å². The van der Waals surface area contributed by atoms with Gasteiger partial charge in [-0.1, -0.05) is 19.1 Å². The summed E-state index contributed by atoms with van der Waals surface area (Å²) in [6.07, 6.45) is 5.22. The summed E-state index contributed by atoms with van der Waals surface area (Å²) in [6, 6.07) is 12.6. The van der Waals surface area contributed by atoms with Gasteiger partial charge in [0.15, 0.2) is 0 Å². The third-order valence-electron chi connectivity index (χ3n) is 2.63. The van der Waals surface area contributed by atoms with Crippen LogP contribution in [0.25, 0.3) is 10.4 Å². The lowest BCUT2D eigenvalue weighted by molar-refractivity contribution is 0.362. The van der Waals surface area contributed by atoms with Crippen LogP contribution >= 0.6 is 11.3 Å². The Morgan fingerprint density at radius 2 is 1.83 bits per heavy atom. The molecule has 0 saturated carbocycles. The molecule has 0 aliphatic heterocycles. The first-order valence-electron chi connectivity index (χ1n) is 6.24. The highest BCUT2D eigenvalue weighted by molar-refractivity contribution is 7.15. The molecule has 94 valence electrons. The van der Waals surface area contributed by atoms with Crippen molar-refractivity contribution in [2.24, 2.45) is 0 Å². The normalized spacial score (nSPS) is 11.0. The number of rotatable bonds is 5.